The van der Waals surface area contributed by atoms with Gasteiger partial charge in [0.05, 0.1) is 5.56 Å². The molecule has 0 amide bonds. The van der Waals surface area contributed by atoms with Gasteiger partial charge in [-0.1, -0.05) is 0 Å². The van der Waals surface area contributed by atoms with Crippen molar-refractivity contribution in [3.05, 3.63) is 29.3 Å². The number of hydrogen-bond donors (Lipinski definition) is 1. The Bertz CT molecular complexity index is 436. The predicted octanol–water partition coefficient (Wildman–Crippen LogP) is 2.37. The third-order valence-corrected chi connectivity index (χ3v) is 2.46. The summed E-state index contributed by atoms with van der Waals surface area (Å²) in [5.74, 6) is 0. The van der Waals surface area contributed by atoms with Gasteiger partial charge in [0.25, 0.3) is 0 Å². The van der Waals surface area contributed by atoms with Crippen molar-refractivity contribution in [3.63, 3.8) is 0 Å². The molecule has 0 saturated carbocycles. The van der Waals surface area contributed by atoms with Crippen LogP contribution in [0, 0.1) is 0 Å². The quantitative estimate of drug-likeness (QED) is 0.487. The minimum absolute atomic E-state index is 0.0723. The number of nitrogens with two attached hydrogens (primary N) is 1. The zero-order chi connectivity index (χ0) is 14.6. The Morgan fingerprint density at radius 1 is 1.32 bits per heavy atom. The molecule has 1 saturated heterocycles. The number of carbonyl (C=O) groups is 1. The molecule has 0 radical (unpaired) electrons. The summed E-state index contributed by atoms with van der Waals surface area (Å²) < 4.78 is 48.1. The number of halogens is 4. The summed E-state index contributed by atoms with van der Waals surface area (Å²) in [4.78, 5) is 12.2. The fourth-order valence-electron chi connectivity index (χ4n) is 1.53. The molecule has 0 bridgehead atoms. The maximum absolute atomic E-state index is 12.1. The first kappa shape index (κ1) is 15.4. The second kappa shape index (κ2) is 6.01. The molecular weight excluding hydrogens is 264 g/mol. The first-order chi connectivity index (χ1) is 8.72. The smallest absolute Gasteiger partial charge is 0.399 e. The van der Waals surface area contributed by atoms with Gasteiger partial charge in [-0.25, -0.2) is 4.39 Å². The first-order valence-electron chi connectivity index (χ1n) is 5.48. The van der Waals surface area contributed by atoms with Crippen LogP contribution in [0.1, 0.15) is 15.9 Å². The molecule has 1 aliphatic heterocycles. The summed E-state index contributed by atoms with van der Waals surface area (Å²) in [5.41, 5.74) is 4.12. The monoisotopic (exact) mass is 278 g/mol. The molecule has 106 valence electrons. The van der Waals surface area contributed by atoms with Gasteiger partial charge in [0.2, 0.25) is 0 Å². The Balaban J connectivity index is 0.000000250. The number of benzene rings is 1. The van der Waals surface area contributed by atoms with Crippen molar-refractivity contribution in [2.75, 3.05) is 25.9 Å². The topological polar surface area (TPSA) is 46.3 Å². The van der Waals surface area contributed by atoms with Crippen LogP contribution in [0.4, 0.5) is 23.2 Å². The molecule has 2 N–H and O–H groups in total. The van der Waals surface area contributed by atoms with E-state index in [4.69, 9.17) is 5.73 Å². The van der Waals surface area contributed by atoms with Crippen molar-refractivity contribution in [2.24, 2.45) is 0 Å². The number of nitrogens with zero attached hydrogens (tertiary/aromatic N) is 1. The van der Waals surface area contributed by atoms with Crippen molar-refractivity contribution in [3.8, 4) is 0 Å². The molecule has 19 heavy (non-hydrogen) atoms. The number of nitrogen functional groups attached to an aromatic ring is 1. The molecule has 0 spiro atoms. The average molecular weight is 278 g/mol. The minimum atomic E-state index is -4.47. The van der Waals surface area contributed by atoms with Crippen LogP contribution >= 0.6 is 0 Å². The second-order valence-corrected chi connectivity index (χ2v) is 4.32. The zero-order valence-electron chi connectivity index (χ0n) is 10.2. The molecule has 3 nitrogen and oxygen atoms in total. The van der Waals surface area contributed by atoms with Crippen LogP contribution in [0.3, 0.4) is 0 Å². The minimum Gasteiger partial charge on any atom is -0.399 e. The van der Waals surface area contributed by atoms with Gasteiger partial charge in [-0.2, -0.15) is 13.2 Å². The SMILES string of the molecule is CN1CC(F)C1.Nc1cc(C=O)cc(C(F)(F)F)c1. The maximum Gasteiger partial charge on any atom is 0.416 e. The van der Waals surface area contributed by atoms with Gasteiger partial charge in [0.1, 0.15) is 12.5 Å². The lowest BCUT2D eigenvalue weighted by Crippen LogP contribution is -2.45. The van der Waals surface area contributed by atoms with Crippen LogP contribution in [0.2, 0.25) is 0 Å². The van der Waals surface area contributed by atoms with Crippen LogP contribution in [-0.4, -0.2) is 37.5 Å². The van der Waals surface area contributed by atoms with E-state index < -0.39 is 17.9 Å². The number of alkyl halides is 4. The van der Waals surface area contributed by atoms with Gasteiger partial charge in [0, 0.05) is 24.3 Å². The average Bonchev–Trinajstić information content (AvgIpc) is 2.26. The van der Waals surface area contributed by atoms with Gasteiger partial charge < -0.3 is 10.6 Å². The predicted molar refractivity (Wildman–Crippen MR) is 63.6 cm³/mol. The van der Waals surface area contributed by atoms with E-state index in [-0.39, 0.29) is 11.3 Å². The molecule has 1 aliphatic rings. The summed E-state index contributed by atoms with van der Waals surface area (Å²) >= 11 is 0. The summed E-state index contributed by atoms with van der Waals surface area (Å²) in [6.45, 7) is 1.28. The Morgan fingerprint density at radius 2 is 1.89 bits per heavy atom. The van der Waals surface area contributed by atoms with Crippen molar-refractivity contribution >= 4 is 12.0 Å². The van der Waals surface area contributed by atoms with Crippen molar-refractivity contribution < 1.29 is 22.4 Å². The van der Waals surface area contributed by atoms with E-state index in [9.17, 15) is 22.4 Å². The number of rotatable bonds is 1. The van der Waals surface area contributed by atoms with E-state index >= 15 is 0 Å². The summed E-state index contributed by atoms with van der Waals surface area (Å²) in [7, 11) is 1.91. The molecule has 1 aromatic rings. The second-order valence-electron chi connectivity index (χ2n) is 4.32. The lowest BCUT2D eigenvalue weighted by Gasteiger charge is -2.29. The van der Waals surface area contributed by atoms with Crippen molar-refractivity contribution in [1.82, 2.24) is 4.90 Å². The fraction of sp³-hybridized carbons (Fsp3) is 0.417. The summed E-state index contributed by atoms with van der Waals surface area (Å²) in [6.07, 6.45) is -4.67. The van der Waals surface area contributed by atoms with E-state index in [1.54, 1.807) is 0 Å². The largest absolute Gasteiger partial charge is 0.416 e. The number of hydrogen-bond acceptors (Lipinski definition) is 3. The molecule has 0 aromatic heterocycles. The number of anilines is 1. The van der Waals surface area contributed by atoms with Crippen LogP contribution in [-0.2, 0) is 6.18 Å². The van der Waals surface area contributed by atoms with E-state index in [0.29, 0.717) is 19.4 Å². The van der Waals surface area contributed by atoms with Gasteiger partial charge in [-0.3, -0.25) is 4.79 Å². The number of likely N-dealkylation sites (tertiary alicyclic amines) is 1. The van der Waals surface area contributed by atoms with Crippen molar-refractivity contribution in [2.45, 2.75) is 12.3 Å². The summed E-state index contributed by atoms with van der Waals surface area (Å²) in [5, 5.41) is 0. The standard InChI is InChI=1S/C8H6F3NO.C4H8FN/c9-8(10,11)6-1-5(4-13)2-7(12)3-6;1-6-2-4(5)3-6/h1-4H,12H2;4H,2-3H2,1H3. The van der Waals surface area contributed by atoms with Gasteiger partial charge in [0.15, 0.2) is 0 Å². The fourth-order valence-corrected chi connectivity index (χ4v) is 1.53. The lowest BCUT2D eigenvalue weighted by molar-refractivity contribution is -0.137. The van der Waals surface area contributed by atoms with Gasteiger partial charge in [-0.15, -0.1) is 0 Å². The highest BCUT2D eigenvalue weighted by Gasteiger charge is 2.30. The molecule has 2 rings (SSSR count). The molecule has 1 heterocycles. The summed E-state index contributed by atoms with van der Waals surface area (Å²) in [6, 6.07) is 2.72. The lowest BCUT2D eigenvalue weighted by atomic mass is 10.1. The Kier molecular flexibility index (Phi) is 4.88. The van der Waals surface area contributed by atoms with Gasteiger partial charge in [-0.05, 0) is 25.2 Å². The molecular formula is C12H14F4N2O. The molecule has 1 fully saturated rings. The van der Waals surface area contributed by atoms with E-state index in [1.165, 1.54) is 6.07 Å². The van der Waals surface area contributed by atoms with Crippen LogP contribution in [0.5, 0.6) is 0 Å². The Morgan fingerprint density at radius 3 is 2.21 bits per heavy atom. The highest BCUT2D eigenvalue weighted by atomic mass is 19.4. The normalized spacial score (nSPS) is 16.3. The van der Waals surface area contributed by atoms with E-state index in [1.807, 2.05) is 11.9 Å². The Labute approximate surface area is 108 Å². The third kappa shape index (κ3) is 4.86. The molecule has 0 unspecified atom stereocenters. The molecule has 0 atom stereocenters. The zero-order valence-corrected chi connectivity index (χ0v) is 10.2. The van der Waals surface area contributed by atoms with Crippen LogP contribution in [0.25, 0.3) is 0 Å². The first-order valence-corrected chi connectivity index (χ1v) is 5.48. The van der Waals surface area contributed by atoms with Gasteiger partial charge >= 0.3 is 6.18 Å². The Hall–Kier alpha value is -1.63. The highest BCUT2D eigenvalue weighted by Crippen LogP contribution is 2.30. The molecule has 1 aromatic carbocycles. The van der Waals surface area contributed by atoms with E-state index in [0.717, 1.165) is 12.1 Å². The number of carbonyl (C=O) groups excluding carboxylic acids is 1. The maximum atomic E-state index is 12.1. The highest BCUT2D eigenvalue weighted by molar-refractivity contribution is 5.77. The number of aldehydes is 1. The van der Waals surface area contributed by atoms with Crippen LogP contribution < -0.4 is 5.73 Å². The van der Waals surface area contributed by atoms with Crippen LogP contribution in [0.15, 0.2) is 18.2 Å². The third-order valence-electron chi connectivity index (χ3n) is 2.46. The van der Waals surface area contributed by atoms with Crippen molar-refractivity contribution in [1.29, 1.82) is 0 Å². The molecule has 0 aliphatic carbocycles. The van der Waals surface area contributed by atoms with E-state index in [2.05, 4.69) is 0 Å². The molecule has 7 heteroatoms.